The molecule has 0 amide bonds. The standard InChI is InChI=1S/C28H27NO2S/c29-19-22-9-2-1-7-20(22)10-6-18-32(30,31)28-13-5-12-24-26-15-14-21-8-3-4-11-23(21)25(26)16-17-27(24)28/h1-4,6-11,13,16-17H,5,12,14-15,18-19,29H2. The third kappa shape index (κ3) is 3.74. The third-order valence-corrected chi connectivity index (χ3v) is 8.28. The smallest absolute Gasteiger partial charge is 0.182 e. The number of hydrogen-bond donors (Lipinski definition) is 1. The average molecular weight is 442 g/mol. The van der Waals surface area contributed by atoms with Gasteiger partial charge in [0.2, 0.25) is 0 Å². The summed E-state index contributed by atoms with van der Waals surface area (Å²) in [5.74, 6) is -0.0168. The maximum Gasteiger partial charge on any atom is 0.182 e. The van der Waals surface area contributed by atoms with Crippen molar-refractivity contribution in [2.75, 3.05) is 5.75 Å². The molecule has 0 unspecified atom stereocenters. The molecule has 2 N–H and O–H groups in total. The predicted octanol–water partition coefficient (Wildman–Crippen LogP) is 5.33. The Morgan fingerprint density at radius 1 is 0.812 bits per heavy atom. The van der Waals surface area contributed by atoms with Gasteiger partial charge in [-0.2, -0.15) is 0 Å². The molecule has 3 aromatic rings. The van der Waals surface area contributed by atoms with Crippen LogP contribution in [-0.4, -0.2) is 14.2 Å². The average Bonchev–Trinajstić information content (AvgIpc) is 2.83. The van der Waals surface area contributed by atoms with Gasteiger partial charge in [-0.25, -0.2) is 8.42 Å². The first-order valence-corrected chi connectivity index (χ1v) is 12.8. The zero-order valence-electron chi connectivity index (χ0n) is 18.1. The minimum atomic E-state index is -3.43. The molecular formula is C28H27NO2S. The van der Waals surface area contributed by atoms with Crippen LogP contribution in [0.4, 0.5) is 0 Å². The molecule has 32 heavy (non-hydrogen) atoms. The van der Waals surface area contributed by atoms with E-state index in [2.05, 4.69) is 30.3 Å². The Kier molecular flexibility index (Phi) is 5.58. The van der Waals surface area contributed by atoms with Crippen molar-refractivity contribution in [3.8, 4) is 11.1 Å². The largest absolute Gasteiger partial charge is 0.326 e. The van der Waals surface area contributed by atoms with Crippen molar-refractivity contribution in [2.45, 2.75) is 32.2 Å². The predicted molar refractivity (Wildman–Crippen MR) is 133 cm³/mol. The van der Waals surface area contributed by atoms with Crippen LogP contribution < -0.4 is 5.73 Å². The summed E-state index contributed by atoms with van der Waals surface area (Å²) < 4.78 is 26.6. The van der Waals surface area contributed by atoms with Crippen LogP contribution in [0.3, 0.4) is 0 Å². The second kappa shape index (κ2) is 8.53. The second-order valence-corrected chi connectivity index (χ2v) is 10.5. The van der Waals surface area contributed by atoms with Crippen molar-refractivity contribution in [3.05, 3.63) is 106 Å². The van der Waals surface area contributed by atoms with Gasteiger partial charge in [0.25, 0.3) is 0 Å². The molecule has 3 aromatic carbocycles. The SMILES string of the molecule is NCc1ccccc1C=CCS(=O)(=O)C1=CCCc2c1ccc1c2CCc2ccccc2-1. The molecule has 2 aliphatic rings. The van der Waals surface area contributed by atoms with Crippen LogP contribution in [0.15, 0.2) is 72.8 Å². The normalized spacial score (nSPS) is 15.1. The lowest BCUT2D eigenvalue weighted by molar-refractivity contribution is 0.608. The highest BCUT2D eigenvalue weighted by Gasteiger charge is 2.28. The number of hydrogen-bond acceptors (Lipinski definition) is 3. The van der Waals surface area contributed by atoms with Crippen molar-refractivity contribution in [3.63, 3.8) is 0 Å². The summed E-state index contributed by atoms with van der Waals surface area (Å²) in [5.41, 5.74) is 15.2. The van der Waals surface area contributed by atoms with E-state index in [1.54, 1.807) is 6.08 Å². The van der Waals surface area contributed by atoms with Gasteiger partial charge in [0.15, 0.2) is 9.84 Å². The molecule has 0 heterocycles. The number of rotatable bonds is 5. The molecule has 5 rings (SSSR count). The number of sulfone groups is 1. The lowest BCUT2D eigenvalue weighted by Gasteiger charge is -2.27. The Balaban J connectivity index is 1.46. The Bertz CT molecular complexity index is 1350. The number of allylic oxidation sites excluding steroid dienone is 1. The quantitative estimate of drug-likeness (QED) is 0.582. The van der Waals surface area contributed by atoms with Gasteiger partial charge in [-0.05, 0) is 70.2 Å². The van der Waals surface area contributed by atoms with Gasteiger partial charge in [0.05, 0.1) is 10.7 Å². The van der Waals surface area contributed by atoms with Crippen LogP contribution in [0, 0.1) is 0 Å². The molecule has 0 radical (unpaired) electrons. The maximum absolute atomic E-state index is 13.3. The molecule has 0 saturated heterocycles. The summed E-state index contributed by atoms with van der Waals surface area (Å²) in [4.78, 5) is 0.483. The second-order valence-electron chi connectivity index (χ2n) is 8.47. The van der Waals surface area contributed by atoms with Gasteiger partial charge in [0.1, 0.15) is 0 Å². The van der Waals surface area contributed by atoms with Gasteiger partial charge in [-0.3, -0.25) is 0 Å². The van der Waals surface area contributed by atoms with Crippen LogP contribution >= 0.6 is 0 Å². The fraction of sp³-hybridized carbons (Fsp3) is 0.214. The topological polar surface area (TPSA) is 60.2 Å². The Morgan fingerprint density at radius 2 is 1.56 bits per heavy atom. The molecule has 0 fully saturated rings. The number of nitrogens with two attached hydrogens (primary N) is 1. The number of aryl methyl sites for hydroxylation is 1. The fourth-order valence-electron chi connectivity index (χ4n) is 5.03. The summed E-state index contributed by atoms with van der Waals surface area (Å²) in [5, 5.41) is 0. The summed E-state index contributed by atoms with van der Waals surface area (Å²) in [6.45, 7) is 0.431. The van der Waals surface area contributed by atoms with E-state index >= 15 is 0 Å². The Morgan fingerprint density at radius 3 is 2.44 bits per heavy atom. The van der Waals surface area contributed by atoms with Crippen LogP contribution in [0.5, 0.6) is 0 Å². The molecule has 0 saturated carbocycles. The highest BCUT2D eigenvalue weighted by Crippen LogP contribution is 2.41. The van der Waals surface area contributed by atoms with E-state index in [0.29, 0.717) is 11.4 Å². The molecule has 3 nitrogen and oxygen atoms in total. The van der Waals surface area contributed by atoms with Crippen LogP contribution in [0.2, 0.25) is 0 Å². The molecule has 0 atom stereocenters. The lowest BCUT2D eigenvalue weighted by Crippen LogP contribution is -2.15. The first kappa shape index (κ1) is 20.9. The lowest BCUT2D eigenvalue weighted by atomic mass is 9.79. The van der Waals surface area contributed by atoms with Crippen molar-refractivity contribution in [1.29, 1.82) is 0 Å². The maximum atomic E-state index is 13.3. The first-order chi connectivity index (χ1) is 15.6. The molecule has 0 aliphatic heterocycles. The van der Waals surface area contributed by atoms with Gasteiger partial charge in [-0.1, -0.05) is 78.9 Å². The summed E-state index contributed by atoms with van der Waals surface area (Å²) in [6.07, 6.45) is 9.16. The molecule has 0 spiro atoms. The van der Waals surface area contributed by atoms with E-state index in [1.165, 1.54) is 27.8 Å². The molecule has 2 aliphatic carbocycles. The Hall–Kier alpha value is -2.95. The monoisotopic (exact) mass is 441 g/mol. The van der Waals surface area contributed by atoms with Gasteiger partial charge >= 0.3 is 0 Å². The van der Waals surface area contributed by atoms with Crippen LogP contribution in [-0.2, 0) is 35.6 Å². The summed E-state index contributed by atoms with van der Waals surface area (Å²) in [7, 11) is -3.43. The highest BCUT2D eigenvalue weighted by molar-refractivity contribution is 8.00. The Labute approximate surface area is 190 Å². The highest BCUT2D eigenvalue weighted by atomic mass is 32.2. The molecule has 0 aromatic heterocycles. The van der Waals surface area contributed by atoms with E-state index < -0.39 is 9.84 Å². The van der Waals surface area contributed by atoms with E-state index in [4.69, 9.17) is 5.73 Å². The van der Waals surface area contributed by atoms with Crippen LogP contribution in [0.1, 0.15) is 39.8 Å². The molecular weight excluding hydrogens is 414 g/mol. The molecule has 4 heteroatoms. The molecule has 162 valence electrons. The van der Waals surface area contributed by atoms with Crippen molar-refractivity contribution < 1.29 is 8.42 Å². The van der Waals surface area contributed by atoms with Gasteiger partial charge < -0.3 is 5.73 Å². The van der Waals surface area contributed by atoms with Crippen LogP contribution in [0.25, 0.3) is 22.1 Å². The first-order valence-electron chi connectivity index (χ1n) is 11.2. The third-order valence-electron chi connectivity index (χ3n) is 6.60. The number of fused-ring (bicyclic) bond motifs is 5. The van der Waals surface area contributed by atoms with Crippen molar-refractivity contribution in [1.82, 2.24) is 0 Å². The zero-order chi connectivity index (χ0) is 22.1. The van der Waals surface area contributed by atoms with Crippen molar-refractivity contribution >= 4 is 20.8 Å². The summed E-state index contributed by atoms with van der Waals surface area (Å²) >= 11 is 0. The zero-order valence-corrected chi connectivity index (χ0v) is 18.9. The van der Waals surface area contributed by atoms with Gasteiger partial charge in [0, 0.05) is 6.54 Å². The van der Waals surface area contributed by atoms with E-state index in [-0.39, 0.29) is 5.75 Å². The van der Waals surface area contributed by atoms with E-state index in [1.807, 2.05) is 42.5 Å². The van der Waals surface area contributed by atoms with Gasteiger partial charge in [-0.15, -0.1) is 0 Å². The molecule has 0 bridgehead atoms. The fourth-order valence-corrected chi connectivity index (χ4v) is 6.46. The summed E-state index contributed by atoms with van der Waals surface area (Å²) in [6, 6.07) is 20.5. The minimum absolute atomic E-state index is 0.0168. The van der Waals surface area contributed by atoms with E-state index in [9.17, 15) is 8.42 Å². The van der Waals surface area contributed by atoms with Crippen molar-refractivity contribution in [2.24, 2.45) is 5.73 Å². The van der Waals surface area contributed by atoms with E-state index in [0.717, 1.165) is 42.4 Å². The number of benzene rings is 3. The minimum Gasteiger partial charge on any atom is -0.326 e.